The van der Waals surface area contributed by atoms with Crippen molar-refractivity contribution in [3.05, 3.63) is 65.6 Å². The molecule has 3 rings (SSSR count). The van der Waals surface area contributed by atoms with Gasteiger partial charge in [0, 0.05) is 11.8 Å². The van der Waals surface area contributed by atoms with Crippen molar-refractivity contribution in [2.24, 2.45) is 0 Å². The Labute approximate surface area is 153 Å². The van der Waals surface area contributed by atoms with E-state index >= 15 is 0 Å². The Hall–Kier alpha value is -2.68. The Morgan fingerprint density at radius 1 is 1.00 bits per heavy atom. The number of sulfone groups is 1. The summed E-state index contributed by atoms with van der Waals surface area (Å²) in [7, 11) is -3.44. The average molecular weight is 398 g/mol. The average Bonchev–Trinajstić information content (AvgIpc) is 3.02. The van der Waals surface area contributed by atoms with Gasteiger partial charge in [-0.2, -0.15) is 18.3 Å². The number of aryl methyl sites for hydroxylation is 1. The van der Waals surface area contributed by atoms with E-state index in [0.717, 1.165) is 23.1 Å². The summed E-state index contributed by atoms with van der Waals surface area (Å²) in [6.07, 6.45) is -3.65. The summed E-state index contributed by atoms with van der Waals surface area (Å²) in [6.45, 7) is 1.54. The minimum absolute atomic E-state index is 0.0368. The first-order valence-corrected chi connectivity index (χ1v) is 9.60. The molecule has 0 aliphatic rings. The van der Waals surface area contributed by atoms with Gasteiger partial charge in [0.2, 0.25) is 0 Å². The lowest BCUT2D eigenvalue weighted by atomic mass is 10.1. The van der Waals surface area contributed by atoms with Crippen LogP contribution in [-0.2, 0) is 16.0 Å². The predicted octanol–water partition coefficient (Wildman–Crippen LogP) is 4.41. The van der Waals surface area contributed by atoms with E-state index < -0.39 is 27.5 Å². The molecule has 0 aliphatic carbocycles. The molecule has 0 bridgehead atoms. The van der Waals surface area contributed by atoms with E-state index in [-0.39, 0.29) is 16.3 Å². The van der Waals surface area contributed by atoms with Gasteiger partial charge in [0.05, 0.1) is 16.3 Å². The number of halogens is 4. The highest BCUT2D eigenvalue weighted by Crippen LogP contribution is 2.33. The number of benzene rings is 2. The molecule has 3 aromatic rings. The largest absolute Gasteiger partial charge is 0.435 e. The van der Waals surface area contributed by atoms with Crippen molar-refractivity contribution in [2.45, 2.75) is 18.0 Å². The van der Waals surface area contributed by atoms with Gasteiger partial charge in [-0.05, 0) is 42.8 Å². The van der Waals surface area contributed by atoms with E-state index in [2.05, 4.69) is 5.10 Å². The number of nitrogens with zero attached hydrogens (tertiary/aromatic N) is 2. The summed E-state index contributed by atoms with van der Waals surface area (Å²) >= 11 is 0. The molecule has 0 unspecified atom stereocenters. The van der Waals surface area contributed by atoms with Crippen molar-refractivity contribution in [1.29, 1.82) is 0 Å². The third-order valence-electron chi connectivity index (χ3n) is 3.98. The number of alkyl halides is 3. The molecule has 9 heteroatoms. The summed E-state index contributed by atoms with van der Waals surface area (Å²) in [5.41, 5.74) is -0.292. The highest BCUT2D eigenvalue weighted by Gasteiger charge is 2.35. The van der Waals surface area contributed by atoms with Crippen LogP contribution in [0.15, 0.2) is 53.4 Å². The zero-order valence-corrected chi connectivity index (χ0v) is 15.1. The molecular formula is C18H14F4N2O2S. The lowest BCUT2D eigenvalue weighted by molar-refractivity contribution is -0.141. The van der Waals surface area contributed by atoms with Gasteiger partial charge in [-0.3, -0.25) is 0 Å². The first-order valence-electron chi connectivity index (χ1n) is 7.71. The Balaban J connectivity index is 2.19. The number of hydrogen-bond acceptors (Lipinski definition) is 3. The second-order valence-electron chi connectivity index (χ2n) is 6.05. The maximum atomic E-state index is 13.9. The molecular weight excluding hydrogens is 384 g/mol. The molecule has 1 heterocycles. The van der Waals surface area contributed by atoms with E-state index in [1.165, 1.54) is 43.3 Å². The maximum absolute atomic E-state index is 13.9. The molecule has 0 aliphatic heterocycles. The molecule has 27 heavy (non-hydrogen) atoms. The molecule has 4 nitrogen and oxygen atoms in total. The first-order chi connectivity index (χ1) is 12.5. The van der Waals surface area contributed by atoms with Gasteiger partial charge in [-0.25, -0.2) is 17.5 Å². The van der Waals surface area contributed by atoms with Crippen LogP contribution in [0.1, 0.15) is 11.3 Å². The van der Waals surface area contributed by atoms with Crippen molar-refractivity contribution in [3.63, 3.8) is 0 Å². The topological polar surface area (TPSA) is 52.0 Å². The van der Waals surface area contributed by atoms with Gasteiger partial charge in [0.25, 0.3) is 0 Å². The van der Waals surface area contributed by atoms with Crippen LogP contribution < -0.4 is 0 Å². The fourth-order valence-electron chi connectivity index (χ4n) is 2.51. The summed E-state index contributed by atoms with van der Waals surface area (Å²) in [6, 6.07) is 10.2. The fourth-order valence-corrected chi connectivity index (χ4v) is 3.14. The van der Waals surface area contributed by atoms with Gasteiger partial charge in [-0.1, -0.05) is 18.2 Å². The Kier molecular flexibility index (Phi) is 4.59. The highest BCUT2D eigenvalue weighted by molar-refractivity contribution is 7.90. The van der Waals surface area contributed by atoms with Crippen molar-refractivity contribution < 1.29 is 26.0 Å². The van der Waals surface area contributed by atoms with Crippen molar-refractivity contribution in [2.75, 3.05) is 6.26 Å². The molecule has 2 aromatic carbocycles. The summed E-state index contributed by atoms with van der Waals surface area (Å²) in [5, 5.41) is 3.58. The highest BCUT2D eigenvalue weighted by atomic mass is 32.2. The zero-order chi connectivity index (χ0) is 20.0. The standard InChI is InChI=1S/C18H14F4N2O2S/c1-11-3-6-13(9-15(11)19)24-16(10-17(23-24)18(20,21)22)12-4-7-14(8-5-12)27(2,25)26/h3-10H,1-2H3. The molecule has 0 saturated carbocycles. The van der Waals surface area contributed by atoms with Gasteiger partial charge >= 0.3 is 6.18 Å². The second-order valence-corrected chi connectivity index (χ2v) is 8.07. The van der Waals surface area contributed by atoms with E-state index in [1.54, 1.807) is 0 Å². The maximum Gasteiger partial charge on any atom is 0.435 e. The third kappa shape index (κ3) is 3.87. The van der Waals surface area contributed by atoms with Crippen LogP contribution in [0.25, 0.3) is 16.9 Å². The molecule has 0 atom stereocenters. The van der Waals surface area contributed by atoms with E-state index in [4.69, 9.17) is 0 Å². The SMILES string of the molecule is Cc1ccc(-n2nc(C(F)(F)F)cc2-c2ccc(S(C)(=O)=O)cc2)cc1F. The summed E-state index contributed by atoms with van der Waals surface area (Å²) < 4.78 is 77.5. The van der Waals surface area contributed by atoms with Gasteiger partial charge < -0.3 is 0 Å². The lowest BCUT2D eigenvalue weighted by Gasteiger charge is -2.09. The quantitative estimate of drug-likeness (QED) is 0.614. The smallest absolute Gasteiger partial charge is 0.232 e. The zero-order valence-electron chi connectivity index (χ0n) is 14.2. The summed E-state index contributed by atoms with van der Waals surface area (Å²) in [5.74, 6) is -0.574. The van der Waals surface area contributed by atoms with Gasteiger partial charge in [-0.15, -0.1) is 0 Å². The van der Waals surface area contributed by atoms with Crippen LogP contribution in [-0.4, -0.2) is 24.5 Å². The molecule has 0 radical (unpaired) electrons. The number of aromatic nitrogens is 2. The minimum Gasteiger partial charge on any atom is -0.232 e. The van der Waals surface area contributed by atoms with Gasteiger partial charge in [0.15, 0.2) is 15.5 Å². The van der Waals surface area contributed by atoms with E-state index in [0.29, 0.717) is 11.1 Å². The van der Waals surface area contributed by atoms with Crippen LogP contribution in [0.2, 0.25) is 0 Å². The molecule has 0 spiro atoms. The van der Waals surface area contributed by atoms with E-state index in [1.807, 2.05) is 0 Å². The Morgan fingerprint density at radius 3 is 2.15 bits per heavy atom. The summed E-state index contributed by atoms with van der Waals surface area (Å²) in [4.78, 5) is 0.0368. The number of hydrogen-bond donors (Lipinski definition) is 0. The fraction of sp³-hybridized carbons (Fsp3) is 0.167. The van der Waals surface area contributed by atoms with Crippen LogP contribution in [0.3, 0.4) is 0 Å². The normalized spacial score (nSPS) is 12.4. The molecule has 1 aromatic heterocycles. The van der Waals surface area contributed by atoms with Crippen LogP contribution in [0.4, 0.5) is 17.6 Å². The first kappa shape index (κ1) is 19.1. The van der Waals surface area contributed by atoms with Crippen molar-refractivity contribution in [3.8, 4) is 16.9 Å². The molecule has 142 valence electrons. The van der Waals surface area contributed by atoms with Crippen LogP contribution in [0.5, 0.6) is 0 Å². The molecule has 0 N–H and O–H groups in total. The van der Waals surface area contributed by atoms with Crippen LogP contribution >= 0.6 is 0 Å². The third-order valence-corrected chi connectivity index (χ3v) is 5.11. The second kappa shape index (κ2) is 6.49. The minimum atomic E-state index is -4.68. The number of rotatable bonds is 3. The molecule has 0 fully saturated rings. The molecule has 0 saturated heterocycles. The van der Waals surface area contributed by atoms with Gasteiger partial charge in [0.1, 0.15) is 5.82 Å². The van der Waals surface area contributed by atoms with Crippen LogP contribution in [0, 0.1) is 12.7 Å². The Morgan fingerprint density at radius 2 is 1.63 bits per heavy atom. The predicted molar refractivity (Wildman–Crippen MR) is 91.8 cm³/mol. The molecule has 0 amide bonds. The van der Waals surface area contributed by atoms with Crippen molar-refractivity contribution in [1.82, 2.24) is 9.78 Å². The van der Waals surface area contributed by atoms with E-state index in [9.17, 15) is 26.0 Å². The lowest BCUT2D eigenvalue weighted by Crippen LogP contribution is -2.07. The van der Waals surface area contributed by atoms with Crippen molar-refractivity contribution >= 4 is 9.84 Å². The Bertz CT molecular complexity index is 1100. The monoisotopic (exact) mass is 398 g/mol.